The first-order chi connectivity index (χ1) is 10.9. The number of nitrogens with one attached hydrogen (secondary N) is 2. The molecule has 122 valence electrons. The van der Waals surface area contributed by atoms with Crippen LogP contribution in [-0.2, 0) is 10.0 Å². The van der Waals surface area contributed by atoms with Crippen molar-refractivity contribution in [3.05, 3.63) is 53.6 Å². The van der Waals surface area contributed by atoms with E-state index < -0.39 is 10.0 Å². The lowest BCUT2D eigenvalue weighted by molar-refractivity contribution is 0.0963. The van der Waals surface area contributed by atoms with Gasteiger partial charge >= 0.3 is 0 Å². The Morgan fingerprint density at radius 3 is 2.30 bits per heavy atom. The Hall–Kier alpha value is -2.54. The molecule has 7 heteroatoms. The molecule has 0 unspecified atom stereocenters. The van der Waals surface area contributed by atoms with Crippen LogP contribution in [0, 0.1) is 6.92 Å². The van der Waals surface area contributed by atoms with E-state index in [0.717, 1.165) is 5.56 Å². The van der Waals surface area contributed by atoms with Gasteiger partial charge in [0.25, 0.3) is 15.9 Å². The van der Waals surface area contributed by atoms with Gasteiger partial charge in [0.05, 0.1) is 7.11 Å². The van der Waals surface area contributed by atoms with E-state index >= 15 is 0 Å². The maximum atomic E-state index is 12.5. The molecule has 0 aliphatic heterocycles. The molecular formula is C16H18N2O4S. The lowest BCUT2D eigenvalue weighted by Crippen LogP contribution is -2.18. The highest BCUT2D eigenvalue weighted by Crippen LogP contribution is 2.26. The molecule has 0 atom stereocenters. The maximum Gasteiger partial charge on any atom is 0.265 e. The summed E-state index contributed by atoms with van der Waals surface area (Å²) in [5.74, 6) is 0.0323. The summed E-state index contributed by atoms with van der Waals surface area (Å²) >= 11 is 0. The van der Waals surface area contributed by atoms with Crippen LogP contribution in [0.2, 0.25) is 0 Å². The summed E-state index contributed by atoms with van der Waals surface area (Å²) in [6.07, 6.45) is 0. The summed E-state index contributed by atoms with van der Waals surface area (Å²) < 4.78 is 32.7. The quantitative estimate of drug-likeness (QED) is 0.877. The van der Waals surface area contributed by atoms with E-state index in [2.05, 4.69) is 10.0 Å². The first kappa shape index (κ1) is 16.8. The summed E-state index contributed by atoms with van der Waals surface area (Å²) in [5, 5.41) is 2.50. The second-order valence-electron chi connectivity index (χ2n) is 4.92. The Morgan fingerprint density at radius 2 is 1.74 bits per heavy atom. The van der Waals surface area contributed by atoms with Crippen LogP contribution >= 0.6 is 0 Å². The first-order valence-electron chi connectivity index (χ1n) is 6.87. The van der Waals surface area contributed by atoms with Gasteiger partial charge < -0.3 is 10.1 Å². The summed E-state index contributed by atoms with van der Waals surface area (Å²) in [7, 11) is -0.844. The fourth-order valence-electron chi connectivity index (χ4n) is 2.04. The highest BCUT2D eigenvalue weighted by Gasteiger charge is 2.20. The van der Waals surface area contributed by atoms with Crippen LogP contribution in [0.15, 0.2) is 47.4 Å². The number of rotatable bonds is 5. The largest absolute Gasteiger partial charge is 0.495 e. The molecule has 2 N–H and O–H groups in total. The highest BCUT2D eigenvalue weighted by atomic mass is 32.2. The van der Waals surface area contributed by atoms with Crippen LogP contribution in [0.5, 0.6) is 5.75 Å². The van der Waals surface area contributed by atoms with Crippen LogP contribution in [-0.4, -0.2) is 28.5 Å². The van der Waals surface area contributed by atoms with Crippen molar-refractivity contribution in [3.8, 4) is 5.75 Å². The van der Waals surface area contributed by atoms with Crippen LogP contribution in [0.1, 0.15) is 15.9 Å². The molecule has 0 bridgehead atoms. The van der Waals surface area contributed by atoms with Crippen LogP contribution in [0.4, 0.5) is 5.69 Å². The normalized spacial score (nSPS) is 10.9. The molecule has 23 heavy (non-hydrogen) atoms. The van der Waals surface area contributed by atoms with Crippen molar-refractivity contribution in [3.63, 3.8) is 0 Å². The number of aryl methyl sites for hydroxylation is 1. The Balaban J connectivity index is 2.31. The van der Waals surface area contributed by atoms with Gasteiger partial charge in [-0.3, -0.25) is 9.52 Å². The summed E-state index contributed by atoms with van der Waals surface area (Å²) in [4.78, 5) is 11.6. The number of anilines is 1. The van der Waals surface area contributed by atoms with Crippen LogP contribution in [0.25, 0.3) is 0 Å². The first-order valence-corrected chi connectivity index (χ1v) is 8.35. The molecule has 6 nitrogen and oxygen atoms in total. The minimum absolute atomic E-state index is 0.0652. The van der Waals surface area contributed by atoms with Crippen molar-refractivity contribution >= 4 is 21.6 Å². The summed E-state index contributed by atoms with van der Waals surface area (Å²) in [6.45, 7) is 1.80. The average molecular weight is 334 g/mol. The third-order valence-electron chi connectivity index (χ3n) is 3.24. The molecule has 0 heterocycles. The third-order valence-corrected chi connectivity index (χ3v) is 4.64. The fraction of sp³-hybridized carbons (Fsp3) is 0.188. The van der Waals surface area contributed by atoms with Gasteiger partial charge in [-0.15, -0.1) is 0 Å². The number of benzene rings is 2. The van der Waals surface area contributed by atoms with Crippen molar-refractivity contribution in [1.82, 2.24) is 5.32 Å². The molecule has 0 saturated carbocycles. The molecule has 0 radical (unpaired) electrons. The Labute approximate surface area is 135 Å². The minimum Gasteiger partial charge on any atom is -0.495 e. The van der Waals surface area contributed by atoms with Gasteiger partial charge in [-0.05, 0) is 48.9 Å². The van der Waals surface area contributed by atoms with E-state index in [0.29, 0.717) is 11.3 Å². The zero-order chi connectivity index (χ0) is 17.0. The molecule has 0 fully saturated rings. The minimum atomic E-state index is -3.79. The average Bonchev–Trinajstić information content (AvgIpc) is 2.54. The third kappa shape index (κ3) is 3.81. The molecular weight excluding hydrogens is 316 g/mol. The number of hydrogen-bond donors (Lipinski definition) is 2. The Kier molecular flexibility index (Phi) is 4.90. The number of carbonyl (C=O) groups excluding carboxylic acids is 1. The molecule has 2 rings (SSSR count). The van der Waals surface area contributed by atoms with E-state index in [9.17, 15) is 13.2 Å². The Morgan fingerprint density at radius 1 is 1.09 bits per heavy atom. The lowest BCUT2D eigenvalue weighted by atomic mass is 10.2. The summed E-state index contributed by atoms with van der Waals surface area (Å²) in [5.41, 5.74) is 1.62. The van der Waals surface area contributed by atoms with Gasteiger partial charge in [0.2, 0.25) is 0 Å². The second-order valence-corrected chi connectivity index (χ2v) is 6.57. The van der Waals surface area contributed by atoms with Crippen molar-refractivity contribution in [2.45, 2.75) is 11.8 Å². The molecule has 0 saturated heterocycles. The topological polar surface area (TPSA) is 84.5 Å². The van der Waals surface area contributed by atoms with Gasteiger partial charge in [0.1, 0.15) is 10.6 Å². The summed E-state index contributed by atoms with van der Waals surface area (Å²) in [6, 6.07) is 11.1. The van der Waals surface area contributed by atoms with Crippen molar-refractivity contribution in [2.24, 2.45) is 0 Å². The number of sulfonamides is 1. The SMILES string of the molecule is CNC(=O)c1ccc(NS(=O)(=O)c2cc(C)ccc2OC)cc1. The molecule has 0 aromatic heterocycles. The Bertz CT molecular complexity index is 814. The van der Waals surface area contributed by atoms with Crippen molar-refractivity contribution in [2.75, 3.05) is 18.9 Å². The van der Waals surface area contributed by atoms with Crippen LogP contribution < -0.4 is 14.8 Å². The highest BCUT2D eigenvalue weighted by molar-refractivity contribution is 7.92. The molecule has 2 aromatic rings. The fourth-order valence-corrected chi connectivity index (χ4v) is 3.35. The van der Waals surface area contributed by atoms with Gasteiger partial charge in [-0.25, -0.2) is 8.42 Å². The zero-order valence-corrected chi connectivity index (χ0v) is 13.9. The van der Waals surface area contributed by atoms with E-state index in [1.54, 1.807) is 37.3 Å². The molecule has 2 aromatic carbocycles. The predicted octanol–water partition coefficient (Wildman–Crippen LogP) is 2.16. The van der Waals surface area contributed by atoms with E-state index in [4.69, 9.17) is 4.74 Å². The lowest BCUT2D eigenvalue weighted by Gasteiger charge is -2.12. The standard InChI is InChI=1S/C16H18N2O4S/c1-11-4-9-14(22-3)15(10-11)23(20,21)18-13-7-5-12(6-8-13)16(19)17-2/h4-10,18H,1-3H3,(H,17,19). The van der Waals surface area contributed by atoms with Gasteiger partial charge in [0.15, 0.2) is 0 Å². The predicted molar refractivity (Wildman–Crippen MR) is 88.4 cm³/mol. The number of ether oxygens (including phenoxy) is 1. The number of methoxy groups -OCH3 is 1. The number of carbonyl (C=O) groups is 1. The van der Waals surface area contributed by atoms with Gasteiger partial charge in [0, 0.05) is 18.3 Å². The molecule has 0 aliphatic rings. The van der Waals surface area contributed by atoms with Crippen molar-refractivity contribution < 1.29 is 17.9 Å². The van der Waals surface area contributed by atoms with Gasteiger partial charge in [-0.1, -0.05) is 6.07 Å². The van der Waals surface area contributed by atoms with E-state index in [1.165, 1.54) is 26.3 Å². The molecule has 0 spiro atoms. The maximum absolute atomic E-state index is 12.5. The van der Waals surface area contributed by atoms with E-state index in [-0.39, 0.29) is 16.6 Å². The second kappa shape index (κ2) is 6.70. The molecule has 0 aliphatic carbocycles. The smallest absolute Gasteiger partial charge is 0.265 e. The zero-order valence-electron chi connectivity index (χ0n) is 13.1. The number of amides is 1. The molecule has 1 amide bonds. The van der Waals surface area contributed by atoms with Gasteiger partial charge in [-0.2, -0.15) is 0 Å². The number of hydrogen-bond acceptors (Lipinski definition) is 4. The van der Waals surface area contributed by atoms with E-state index in [1.807, 2.05) is 0 Å². The van der Waals surface area contributed by atoms with Crippen LogP contribution in [0.3, 0.4) is 0 Å². The van der Waals surface area contributed by atoms with Crippen molar-refractivity contribution in [1.29, 1.82) is 0 Å². The monoisotopic (exact) mass is 334 g/mol.